The van der Waals surface area contributed by atoms with Gasteiger partial charge in [-0.25, -0.2) is 9.37 Å². The third-order valence-electron chi connectivity index (χ3n) is 4.27. The molecule has 1 amide bonds. The molecule has 1 unspecified atom stereocenters. The van der Waals surface area contributed by atoms with E-state index >= 15 is 0 Å². The van der Waals surface area contributed by atoms with Crippen LogP contribution in [0.1, 0.15) is 30.5 Å². The Hall–Kier alpha value is -1.54. The van der Waals surface area contributed by atoms with Crippen LogP contribution in [-0.2, 0) is 9.53 Å². The van der Waals surface area contributed by atoms with Gasteiger partial charge < -0.3 is 15.4 Å². The molecule has 2 N–H and O–H groups in total. The molecule has 1 aliphatic rings. The number of hydrogen-bond donors (Lipinski definition) is 2. The molecule has 0 aliphatic carbocycles. The van der Waals surface area contributed by atoms with Crippen molar-refractivity contribution in [3.63, 3.8) is 0 Å². The molecule has 5 nitrogen and oxygen atoms in total. The number of aromatic nitrogens is 1. The molecule has 26 heavy (non-hydrogen) atoms. The second-order valence-corrected chi connectivity index (χ2v) is 7.24. The van der Waals surface area contributed by atoms with E-state index in [0.29, 0.717) is 13.2 Å². The Morgan fingerprint density at radius 3 is 2.77 bits per heavy atom. The Kier molecular flexibility index (Phi) is 7.11. The molecule has 0 radical (unpaired) electrons. The van der Waals surface area contributed by atoms with E-state index in [1.807, 2.05) is 20.8 Å². The van der Waals surface area contributed by atoms with Crippen LogP contribution in [0.4, 0.5) is 4.39 Å². The van der Waals surface area contributed by atoms with Crippen molar-refractivity contribution >= 4 is 29.7 Å². The zero-order chi connectivity index (χ0) is 18.0. The van der Waals surface area contributed by atoms with Gasteiger partial charge >= 0.3 is 0 Å². The average Bonchev–Trinajstić information content (AvgIpc) is 2.97. The highest BCUT2D eigenvalue weighted by atomic mass is 35.5. The quantitative estimate of drug-likeness (QED) is 0.828. The van der Waals surface area contributed by atoms with Crippen LogP contribution in [-0.4, -0.2) is 36.2 Å². The van der Waals surface area contributed by atoms with E-state index in [1.54, 1.807) is 12.1 Å². The zero-order valence-corrected chi connectivity index (χ0v) is 16.5. The molecule has 1 aliphatic heterocycles. The van der Waals surface area contributed by atoms with Gasteiger partial charge in [-0.1, -0.05) is 0 Å². The summed E-state index contributed by atoms with van der Waals surface area (Å²) in [6.45, 7) is 7.06. The molecule has 1 saturated heterocycles. The van der Waals surface area contributed by atoms with Gasteiger partial charge in [0.15, 0.2) is 0 Å². The van der Waals surface area contributed by atoms with Crippen molar-refractivity contribution in [1.29, 1.82) is 0 Å². The highest BCUT2D eigenvalue weighted by molar-refractivity contribution is 7.15. The summed E-state index contributed by atoms with van der Waals surface area (Å²) in [6.07, 6.45) is -0.154. The lowest BCUT2D eigenvalue weighted by Crippen LogP contribution is -2.55. The highest BCUT2D eigenvalue weighted by Gasteiger charge is 2.29. The van der Waals surface area contributed by atoms with Gasteiger partial charge in [0.2, 0.25) is 5.91 Å². The van der Waals surface area contributed by atoms with Crippen LogP contribution >= 0.6 is 23.7 Å². The molecule has 3 rings (SSSR count). The lowest BCUT2D eigenvalue weighted by Gasteiger charge is -2.30. The number of halogens is 2. The molecular formula is C18H23ClFN3O2S. The normalized spacial score (nSPS) is 20.9. The second kappa shape index (κ2) is 8.90. The molecule has 142 valence electrons. The number of nitrogens with zero attached hydrogens (tertiary/aromatic N) is 1. The molecule has 3 atom stereocenters. The van der Waals surface area contributed by atoms with Crippen molar-refractivity contribution in [3.05, 3.63) is 40.7 Å². The summed E-state index contributed by atoms with van der Waals surface area (Å²) < 4.78 is 18.6. The lowest BCUT2D eigenvalue weighted by atomic mass is 10.1. The third kappa shape index (κ3) is 4.59. The van der Waals surface area contributed by atoms with Gasteiger partial charge in [-0.05, 0) is 45.0 Å². The summed E-state index contributed by atoms with van der Waals surface area (Å²) in [7, 11) is 0. The average molecular weight is 400 g/mol. The van der Waals surface area contributed by atoms with E-state index in [1.165, 1.54) is 23.5 Å². The van der Waals surface area contributed by atoms with Crippen molar-refractivity contribution in [2.75, 3.05) is 13.2 Å². The molecule has 1 fully saturated rings. The Morgan fingerprint density at radius 1 is 1.42 bits per heavy atom. The van der Waals surface area contributed by atoms with Crippen LogP contribution in [0.3, 0.4) is 0 Å². The van der Waals surface area contributed by atoms with Gasteiger partial charge in [0.1, 0.15) is 16.9 Å². The number of rotatable bonds is 4. The highest BCUT2D eigenvalue weighted by Crippen LogP contribution is 2.31. The van der Waals surface area contributed by atoms with Crippen LogP contribution < -0.4 is 10.6 Å². The number of morpholine rings is 1. The fourth-order valence-electron chi connectivity index (χ4n) is 2.92. The van der Waals surface area contributed by atoms with E-state index in [2.05, 4.69) is 15.6 Å². The number of hydrogen-bond acceptors (Lipinski definition) is 5. The third-order valence-corrected chi connectivity index (χ3v) is 5.66. The number of carbonyl (C=O) groups excluding carboxylic acids is 1. The van der Waals surface area contributed by atoms with E-state index in [-0.39, 0.29) is 42.3 Å². The van der Waals surface area contributed by atoms with Gasteiger partial charge in [-0.2, -0.15) is 0 Å². The summed E-state index contributed by atoms with van der Waals surface area (Å²) in [5.41, 5.74) is 1.74. The molecule has 2 heterocycles. The maximum Gasteiger partial charge on any atom is 0.240 e. The van der Waals surface area contributed by atoms with E-state index in [0.717, 1.165) is 21.1 Å². The van der Waals surface area contributed by atoms with Crippen LogP contribution in [0, 0.1) is 12.7 Å². The smallest absolute Gasteiger partial charge is 0.240 e. The van der Waals surface area contributed by atoms with Crippen LogP contribution in [0.25, 0.3) is 10.6 Å². The van der Waals surface area contributed by atoms with Gasteiger partial charge in [0.05, 0.1) is 29.3 Å². The standard InChI is InChI=1S/C18H22FN3O2S.ClH/c1-10(21-17(23)15-12(3)24-9-8-20-15)16-11(2)22-18(25-16)13-4-6-14(19)7-5-13;/h4-7,10,12,15,20H,8-9H2,1-3H3,(H,21,23);1H/t10?,12-,15+;/m1./s1. The number of nitrogens with one attached hydrogen (secondary N) is 2. The number of benzene rings is 1. The SMILES string of the molecule is Cc1nc(-c2ccc(F)cc2)sc1C(C)NC(=O)[C@H]1NCCO[C@@H]1C.Cl. The first-order valence-corrected chi connectivity index (χ1v) is 9.16. The summed E-state index contributed by atoms with van der Waals surface area (Å²) in [5, 5.41) is 7.05. The number of amides is 1. The Morgan fingerprint density at radius 2 is 2.12 bits per heavy atom. The maximum absolute atomic E-state index is 13.1. The number of aryl methyl sites for hydroxylation is 1. The van der Waals surface area contributed by atoms with Crippen LogP contribution in [0.5, 0.6) is 0 Å². The summed E-state index contributed by atoms with van der Waals surface area (Å²) in [5.74, 6) is -0.343. The van der Waals surface area contributed by atoms with E-state index < -0.39 is 0 Å². The summed E-state index contributed by atoms with van der Waals surface area (Å²) in [6, 6.07) is 5.77. The molecule has 2 aromatic rings. The van der Waals surface area contributed by atoms with Crippen molar-refractivity contribution in [2.24, 2.45) is 0 Å². The lowest BCUT2D eigenvalue weighted by molar-refractivity contribution is -0.129. The zero-order valence-electron chi connectivity index (χ0n) is 14.9. The maximum atomic E-state index is 13.1. The molecule has 0 spiro atoms. The van der Waals surface area contributed by atoms with Crippen LogP contribution in [0.2, 0.25) is 0 Å². The Balaban J connectivity index is 0.00000243. The van der Waals surface area contributed by atoms with Gasteiger partial charge in [0.25, 0.3) is 0 Å². The Labute approximate surface area is 162 Å². The number of ether oxygens (including phenoxy) is 1. The molecular weight excluding hydrogens is 377 g/mol. The second-order valence-electron chi connectivity index (χ2n) is 6.21. The van der Waals surface area contributed by atoms with Crippen molar-refractivity contribution in [1.82, 2.24) is 15.6 Å². The minimum atomic E-state index is -0.346. The summed E-state index contributed by atoms with van der Waals surface area (Å²) in [4.78, 5) is 18.1. The van der Waals surface area contributed by atoms with Crippen molar-refractivity contribution in [3.8, 4) is 10.6 Å². The molecule has 1 aromatic heterocycles. The molecule has 0 bridgehead atoms. The largest absolute Gasteiger partial charge is 0.375 e. The number of thiazole rings is 1. The van der Waals surface area contributed by atoms with Gasteiger partial charge in [-0.15, -0.1) is 23.7 Å². The molecule has 0 saturated carbocycles. The first kappa shape index (κ1) is 20.8. The molecule has 8 heteroatoms. The first-order valence-electron chi connectivity index (χ1n) is 8.34. The van der Waals surface area contributed by atoms with Crippen molar-refractivity contribution in [2.45, 2.75) is 39.0 Å². The fraction of sp³-hybridized carbons (Fsp3) is 0.444. The van der Waals surface area contributed by atoms with E-state index in [4.69, 9.17) is 4.74 Å². The van der Waals surface area contributed by atoms with Gasteiger partial charge in [-0.3, -0.25) is 4.79 Å². The van der Waals surface area contributed by atoms with Crippen LogP contribution in [0.15, 0.2) is 24.3 Å². The minimum absolute atomic E-state index is 0. The predicted octanol–water partition coefficient (Wildman–Crippen LogP) is 3.23. The molecule has 1 aromatic carbocycles. The van der Waals surface area contributed by atoms with Gasteiger partial charge in [0, 0.05) is 12.1 Å². The first-order chi connectivity index (χ1) is 12.0. The van der Waals surface area contributed by atoms with Crippen molar-refractivity contribution < 1.29 is 13.9 Å². The van der Waals surface area contributed by atoms with E-state index in [9.17, 15) is 9.18 Å². The topological polar surface area (TPSA) is 63.2 Å². The minimum Gasteiger partial charge on any atom is -0.375 e. The monoisotopic (exact) mass is 399 g/mol. The summed E-state index contributed by atoms with van der Waals surface area (Å²) >= 11 is 1.52. The fourth-order valence-corrected chi connectivity index (χ4v) is 4.00. The number of carbonyl (C=O) groups is 1. The predicted molar refractivity (Wildman–Crippen MR) is 103 cm³/mol. The Bertz CT molecular complexity index is 753.